The molecule has 0 aliphatic rings. The van der Waals surface area contributed by atoms with Gasteiger partial charge in [-0.3, -0.25) is 0 Å². The third-order valence-corrected chi connectivity index (χ3v) is 6.19. The number of anilines is 1. The second kappa shape index (κ2) is 6.68. The molecular weight excluding hydrogens is 455 g/mol. The fourth-order valence-electron chi connectivity index (χ4n) is 2.63. The quantitative estimate of drug-likeness (QED) is 0.468. The van der Waals surface area contributed by atoms with E-state index in [1.807, 2.05) is 22.6 Å². The molecule has 0 aliphatic heterocycles. The first-order valence-corrected chi connectivity index (χ1v) is 10.0. The minimum atomic E-state index is -3.97. The number of hydrogen-bond donors (Lipinski definition) is 1. The topological polar surface area (TPSA) is 90.9 Å². The second-order valence-electron chi connectivity index (χ2n) is 5.23. The highest BCUT2D eigenvalue weighted by molar-refractivity contribution is 14.1. The zero-order chi connectivity index (χ0) is 18.2. The fourth-order valence-corrected chi connectivity index (χ4v) is 5.06. The Morgan fingerprint density at radius 3 is 2.68 bits per heavy atom. The van der Waals surface area contributed by atoms with Crippen molar-refractivity contribution in [3.8, 4) is 0 Å². The van der Waals surface area contributed by atoms with Gasteiger partial charge in [0.1, 0.15) is 16.3 Å². The Morgan fingerprint density at radius 2 is 2.00 bits per heavy atom. The second-order valence-corrected chi connectivity index (χ2v) is 8.36. The number of hydrogen-bond acceptors (Lipinski definition) is 5. The molecule has 0 aliphatic carbocycles. The maximum absolute atomic E-state index is 13.3. The van der Waals surface area contributed by atoms with Crippen molar-refractivity contribution in [2.45, 2.75) is 16.7 Å². The summed E-state index contributed by atoms with van der Waals surface area (Å²) in [6, 6.07) is 11.5. The van der Waals surface area contributed by atoms with E-state index in [4.69, 9.17) is 10.5 Å². The first-order chi connectivity index (χ1) is 11.9. The summed E-state index contributed by atoms with van der Waals surface area (Å²) >= 11 is 2.04. The standard InChI is InChI=1S/C17H15IN2O4S/c1-2-24-17(21)14-15(13-8-3-4-9-20(13)16(14)19)25(22,23)12-7-5-6-11(18)10-12/h3-10H,2,19H2,1H3. The minimum Gasteiger partial charge on any atom is -0.462 e. The number of pyridine rings is 1. The number of benzene rings is 1. The van der Waals surface area contributed by atoms with Crippen LogP contribution in [0, 0.1) is 3.57 Å². The van der Waals surface area contributed by atoms with Crippen LogP contribution in [0.1, 0.15) is 17.3 Å². The minimum absolute atomic E-state index is 0.0400. The molecule has 3 aromatic rings. The van der Waals surface area contributed by atoms with Gasteiger partial charge in [-0.2, -0.15) is 0 Å². The summed E-state index contributed by atoms with van der Waals surface area (Å²) in [5.74, 6) is -0.717. The van der Waals surface area contributed by atoms with Crippen LogP contribution in [0.5, 0.6) is 0 Å². The smallest absolute Gasteiger partial charge is 0.343 e. The number of halogens is 1. The molecule has 130 valence electrons. The summed E-state index contributed by atoms with van der Waals surface area (Å²) in [7, 11) is -3.97. The van der Waals surface area contributed by atoms with Crippen molar-refractivity contribution >= 4 is 49.7 Å². The van der Waals surface area contributed by atoms with E-state index in [1.165, 1.54) is 10.5 Å². The van der Waals surface area contributed by atoms with Gasteiger partial charge in [0.2, 0.25) is 9.84 Å². The van der Waals surface area contributed by atoms with Gasteiger partial charge >= 0.3 is 5.97 Å². The van der Waals surface area contributed by atoms with E-state index in [-0.39, 0.29) is 27.8 Å². The monoisotopic (exact) mass is 470 g/mol. The van der Waals surface area contributed by atoms with Crippen molar-refractivity contribution in [1.29, 1.82) is 0 Å². The number of sulfone groups is 1. The van der Waals surface area contributed by atoms with Crippen molar-refractivity contribution < 1.29 is 17.9 Å². The summed E-state index contributed by atoms with van der Waals surface area (Å²) < 4.78 is 33.8. The van der Waals surface area contributed by atoms with Crippen LogP contribution >= 0.6 is 22.6 Å². The molecule has 0 radical (unpaired) electrons. The molecular formula is C17H15IN2O4S. The molecule has 1 aromatic carbocycles. The van der Waals surface area contributed by atoms with E-state index in [0.717, 1.165) is 3.57 Å². The molecule has 2 N–H and O–H groups in total. The first kappa shape index (κ1) is 17.7. The number of nitrogens with two attached hydrogens (primary N) is 1. The van der Waals surface area contributed by atoms with Crippen molar-refractivity contribution in [3.63, 3.8) is 0 Å². The number of aromatic nitrogens is 1. The molecule has 25 heavy (non-hydrogen) atoms. The van der Waals surface area contributed by atoms with Crippen molar-refractivity contribution in [3.05, 3.63) is 57.8 Å². The largest absolute Gasteiger partial charge is 0.462 e. The van der Waals surface area contributed by atoms with Gasteiger partial charge in [0.25, 0.3) is 0 Å². The first-order valence-electron chi connectivity index (χ1n) is 7.44. The molecule has 0 saturated heterocycles. The maximum atomic E-state index is 13.3. The Morgan fingerprint density at radius 1 is 1.24 bits per heavy atom. The molecule has 3 rings (SSSR count). The summed E-state index contributed by atoms with van der Waals surface area (Å²) in [6.45, 7) is 1.77. The molecule has 6 nitrogen and oxygen atoms in total. The highest BCUT2D eigenvalue weighted by Crippen LogP contribution is 2.34. The van der Waals surface area contributed by atoms with Crippen LogP contribution in [0.4, 0.5) is 5.82 Å². The molecule has 0 unspecified atom stereocenters. The van der Waals surface area contributed by atoms with E-state index in [1.54, 1.807) is 49.5 Å². The van der Waals surface area contributed by atoms with Gasteiger partial charge in [0, 0.05) is 9.77 Å². The van der Waals surface area contributed by atoms with E-state index in [9.17, 15) is 13.2 Å². The average molecular weight is 470 g/mol. The van der Waals surface area contributed by atoms with Gasteiger partial charge in [0.05, 0.1) is 17.0 Å². The third kappa shape index (κ3) is 2.99. The lowest BCUT2D eigenvalue weighted by Gasteiger charge is -2.07. The fraction of sp³-hybridized carbons (Fsp3) is 0.118. The number of fused-ring (bicyclic) bond motifs is 1. The zero-order valence-corrected chi connectivity index (χ0v) is 16.2. The van der Waals surface area contributed by atoms with Crippen LogP contribution in [-0.4, -0.2) is 25.4 Å². The van der Waals surface area contributed by atoms with Crippen LogP contribution in [0.15, 0.2) is 58.5 Å². The molecule has 0 bridgehead atoms. The highest BCUT2D eigenvalue weighted by Gasteiger charge is 2.32. The van der Waals surface area contributed by atoms with E-state index >= 15 is 0 Å². The molecule has 8 heteroatoms. The lowest BCUT2D eigenvalue weighted by atomic mass is 10.3. The van der Waals surface area contributed by atoms with E-state index < -0.39 is 15.8 Å². The number of rotatable bonds is 4. The van der Waals surface area contributed by atoms with Gasteiger partial charge < -0.3 is 14.9 Å². The predicted octanol–water partition coefficient (Wildman–Crippen LogP) is 3.14. The molecule has 0 atom stereocenters. The molecule has 2 heterocycles. The Hall–Kier alpha value is -2.07. The summed E-state index contributed by atoms with van der Waals surface area (Å²) in [6.07, 6.45) is 1.61. The van der Waals surface area contributed by atoms with Crippen molar-refractivity contribution in [2.75, 3.05) is 12.3 Å². The van der Waals surface area contributed by atoms with Gasteiger partial charge in [0.15, 0.2) is 0 Å². The third-order valence-electron chi connectivity index (χ3n) is 3.69. The summed E-state index contributed by atoms with van der Waals surface area (Å²) in [4.78, 5) is 12.4. The van der Waals surface area contributed by atoms with Crippen molar-refractivity contribution in [2.24, 2.45) is 0 Å². The lowest BCUT2D eigenvalue weighted by Crippen LogP contribution is -2.12. The number of carbonyl (C=O) groups excluding carboxylic acids is 1. The predicted molar refractivity (Wildman–Crippen MR) is 102 cm³/mol. The number of ether oxygens (including phenoxy) is 1. The van der Waals surface area contributed by atoms with Crippen LogP contribution in [-0.2, 0) is 14.6 Å². The number of carbonyl (C=O) groups is 1. The highest BCUT2D eigenvalue weighted by atomic mass is 127. The summed E-state index contributed by atoms with van der Waals surface area (Å²) in [5.41, 5.74) is 6.27. The van der Waals surface area contributed by atoms with Crippen molar-refractivity contribution in [1.82, 2.24) is 4.40 Å². The molecule has 0 spiro atoms. The maximum Gasteiger partial charge on any atom is 0.343 e. The van der Waals surface area contributed by atoms with Crippen LogP contribution < -0.4 is 5.73 Å². The Bertz CT molecular complexity index is 1070. The summed E-state index contributed by atoms with van der Waals surface area (Å²) in [5, 5.41) is 0. The van der Waals surface area contributed by atoms with Gasteiger partial charge in [-0.1, -0.05) is 12.1 Å². The number of esters is 1. The molecule has 0 fully saturated rings. The van der Waals surface area contributed by atoms with Crippen LogP contribution in [0.2, 0.25) is 0 Å². The normalized spacial score (nSPS) is 11.6. The van der Waals surface area contributed by atoms with Crippen LogP contribution in [0.25, 0.3) is 5.52 Å². The Balaban J connectivity index is 2.38. The van der Waals surface area contributed by atoms with Gasteiger partial charge in [-0.25, -0.2) is 13.2 Å². The molecule has 0 amide bonds. The van der Waals surface area contributed by atoms with Crippen LogP contribution in [0.3, 0.4) is 0 Å². The Kier molecular flexibility index (Phi) is 4.74. The zero-order valence-electron chi connectivity index (χ0n) is 13.3. The molecule has 0 saturated carbocycles. The Labute approximate surface area is 158 Å². The number of nitrogens with zero attached hydrogens (tertiary/aromatic N) is 1. The lowest BCUT2D eigenvalue weighted by molar-refractivity contribution is 0.0523. The van der Waals surface area contributed by atoms with Gasteiger partial charge in [-0.05, 0) is 59.8 Å². The molecule has 2 aromatic heterocycles. The van der Waals surface area contributed by atoms with E-state index in [0.29, 0.717) is 5.52 Å². The number of nitrogen functional groups attached to an aromatic ring is 1. The SMILES string of the molecule is CCOC(=O)c1c(S(=O)(=O)c2cccc(I)c2)c2ccccn2c1N. The van der Waals surface area contributed by atoms with Gasteiger partial charge in [-0.15, -0.1) is 0 Å². The van der Waals surface area contributed by atoms with E-state index in [2.05, 4.69) is 0 Å². The average Bonchev–Trinajstić information content (AvgIpc) is 2.89.